The van der Waals surface area contributed by atoms with Gasteiger partial charge in [0.15, 0.2) is 0 Å². The normalized spacial score (nSPS) is 18.9. The molecule has 3 aromatic carbocycles. The highest BCUT2D eigenvalue weighted by Gasteiger charge is 2.21. The Morgan fingerprint density at radius 3 is 2.39 bits per heavy atom. The van der Waals surface area contributed by atoms with Crippen molar-refractivity contribution in [3.05, 3.63) is 101 Å². The van der Waals surface area contributed by atoms with E-state index in [0.29, 0.717) is 5.92 Å². The maximum Gasteiger partial charge on any atom is 0.128 e. The lowest BCUT2D eigenvalue weighted by molar-refractivity contribution is 0.136. The van der Waals surface area contributed by atoms with Crippen LogP contribution in [0.3, 0.4) is 0 Å². The fraction of sp³-hybridized carbons (Fsp3) is 0.424. The minimum absolute atomic E-state index is 0.639. The molecular formula is C33H40N4O. The van der Waals surface area contributed by atoms with Gasteiger partial charge in [0.1, 0.15) is 11.6 Å². The Kier molecular flexibility index (Phi) is 8.03. The van der Waals surface area contributed by atoms with E-state index in [1.165, 1.54) is 47.1 Å². The lowest BCUT2D eigenvalue weighted by atomic mass is 9.97. The average molecular weight is 509 g/mol. The van der Waals surface area contributed by atoms with Crippen molar-refractivity contribution in [2.24, 2.45) is 10.9 Å². The molecule has 0 atom stereocenters. The van der Waals surface area contributed by atoms with Gasteiger partial charge >= 0.3 is 0 Å². The summed E-state index contributed by atoms with van der Waals surface area (Å²) in [5.41, 5.74) is 6.90. The number of hydrogen-bond donors (Lipinski definition) is 1. The second kappa shape index (κ2) is 12.1. The first-order valence-corrected chi connectivity index (χ1v) is 14.4. The lowest BCUT2D eigenvalue weighted by Gasteiger charge is -2.32. The average Bonchev–Trinajstić information content (AvgIpc) is 3.42. The number of amidine groups is 1. The Balaban J connectivity index is 0.957. The Labute approximate surface area is 227 Å². The summed E-state index contributed by atoms with van der Waals surface area (Å²) < 4.78 is 6.34. The van der Waals surface area contributed by atoms with Gasteiger partial charge in [-0.25, -0.2) is 0 Å². The van der Waals surface area contributed by atoms with Crippen LogP contribution in [0.25, 0.3) is 0 Å². The maximum absolute atomic E-state index is 6.34. The van der Waals surface area contributed by atoms with E-state index < -0.39 is 0 Å². The van der Waals surface area contributed by atoms with E-state index in [2.05, 4.69) is 92.9 Å². The first-order valence-electron chi connectivity index (χ1n) is 14.4. The molecule has 3 aromatic rings. The molecule has 5 heteroatoms. The zero-order valence-electron chi connectivity index (χ0n) is 22.4. The first kappa shape index (κ1) is 25.1. The van der Waals surface area contributed by atoms with Crippen molar-refractivity contribution in [3.8, 4) is 5.75 Å². The molecule has 198 valence electrons. The lowest BCUT2D eigenvalue weighted by Crippen LogP contribution is -2.35. The van der Waals surface area contributed by atoms with Gasteiger partial charge in [-0.2, -0.15) is 0 Å². The number of aliphatic imine (C=N–C) groups is 1. The number of hydrogen-bond acceptors (Lipinski definition) is 5. The maximum atomic E-state index is 6.34. The summed E-state index contributed by atoms with van der Waals surface area (Å²) >= 11 is 0. The number of benzene rings is 3. The van der Waals surface area contributed by atoms with Crippen LogP contribution < -0.4 is 10.1 Å². The molecule has 3 aliphatic heterocycles. The molecule has 3 heterocycles. The molecule has 0 amide bonds. The zero-order chi connectivity index (χ0) is 25.6. The summed E-state index contributed by atoms with van der Waals surface area (Å²) in [4.78, 5) is 9.68. The van der Waals surface area contributed by atoms with Crippen molar-refractivity contribution in [3.63, 3.8) is 0 Å². The van der Waals surface area contributed by atoms with Gasteiger partial charge in [0.05, 0.1) is 13.2 Å². The molecule has 0 spiro atoms. The van der Waals surface area contributed by atoms with Gasteiger partial charge in [-0.05, 0) is 85.6 Å². The van der Waals surface area contributed by atoms with Gasteiger partial charge in [-0.3, -0.25) is 14.8 Å². The molecule has 0 aliphatic carbocycles. The van der Waals surface area contributed by atoms with Crippen LogP contribution in [0, 0.1) is 5.92 Å². The third kappa shape index (κ3) is 6.46. The molecule has 0 bridgehead atoms. The van der Waals surface area contributed by atoms with Gasteiger partial charge in [0.25, 0.3) is 0 Å². The molecule has 6 rings (SSSR count). The van der Waals surface area contributed by atoms with Crippen LogP contribution >= 0.6 is 0 Å². The second-order valence-corrected chi connectivity index (χ2v) is 11.1. The monoisotopic (exact) mass is 508 g/mol. The Bertz CT molecular complexity index is 1220. The van der Waals surface area contributed by atoms with E-state index in [4.69, 9.17) is 4.74 Å². The van der Waals surface area contributed by atoms with Crippen molar-refractivity contribution in [1.82, 2.24) is 15.1 Å². The van der Waals surface area contributed by atoms with Crippen molar-refractivity contribution < 1.29 is 4.74 Å². The van der Waals surface area contributed by atoms with E-state index in [0.717, 1.165) is 77.0 Å². The molecule has 1 N–H and O–H groups in total. The van der Waals surface area contributed by atoms with E-state index in [-0.39, 0.29) is 0 Å². The molecule has 0 radical (unpaired) electrons. The molecular weight excluding hydrogens is 468 g/mol. The molecule has 0 aromatic heterocycles. The smallest absolute Gasteiger partial charge is 0.128 e. The van der Waals surface area contributed by atoms with Crippen LogP contribution in [0.15, 0.2) is 77.8 Å². The fourth-order valence-electron chi connectivity index (χ4n) is 6.01. The van der Waals surface area contributed by atoms with Gasteiger partial charge in [0, 0.05) is 31.7 Å². The Hall–Kier alpha value is -3.15. The van der Waals surface area contributed by atoms with E-state index in [9.17, 15) is 0 Å². The Morgan fingerprint density at radius 2 is 1.61 bits per heavy atom. The number of likely N-dealkylation sites (tertiary alicyclic amines) is 1. The minimum Gasteiger partial charge on any atom is -0.493 e. The van der Waals surface area contributed by atoms with Crippen molar-refractivity contribution in [2.45, 2.75) is 45.3 Å². The predicted octanol–water partition coefficient (Wildman–Crippen LogP) is 5.28. The molecule has 1 fully saturated rings. The highest BCUT2D eigenvalue weighted by molar-refractivity contribution is 5.99. The summed E-state index contributed by atoms with van der Waals surface area (Å²) in [6.07, 6.45) is 4.76. The van der Waals surface area contributed by atoms with Crippen LogP contribution in [-0.2, 0) is 26.1 Å². The second-order valence-electron chi connectivity index (χ2n) is 11.1. The SMILES string of the molecule is c1ccc(CN2CCCc3cc(OCC4CCN(Cc5ccc(C6=NCCN6)cc5)CC4)ccc3C2)cc1. The Morgan fingerprint density at radius 1 is 0.816 bits per heavy atom. The van der Waals surface area contributed by atoms with Gasteiger partial charge in [-0.15, -0.1) is 0 Å². The van der Waals surface area contributed by atoms with Crippen LogP contribution in [0.1, 0.15) is 47.1 Å². The van der Waals surface area contributed by atoms with Gasteiger partial charge < -0.3 is 10.1 Å². The van der Waals surface area contributed by atoms with Crippen molar-refractivity contribution >= 4 is 5.84 Å². The predicted molar refractivity (Wildman–Crippen MR) is 155 cm³/mol. The largest absolute Gasteiger partial charge is 0.493 e. The summed E-state index contributed by atoms with van der Waals surface area (Å²) in [6, 6.07) is 26.6. The van der Waals surface area contributed by atoms with E-state index in [1.54, 1.807) is 0 Å². The third-order valence-corrected chi connectivity index (χ3v) is 8.24. The van der Waals surface area contributed by atoms with Crippen molar-refractivity contribution in [2.75, 3.05) is 39.3 Å². The molecule has 0 unspecified atom stereocenters. The minimum atomic E-state index is 0.639. The number of piperidine rings is 1. The fourth-order valence-corrected chi connectivity index (χ4v) is 6.01. The number of fused-ring (bicyclic) bond motifs is 1. The molecule has 5 nitrogen and oxygen atoms in total. The van der Waals surface area contributed by atoms with Crippen LogP contribution in [0.2, 0.25) is 0 Å². The summed E-state index contributed by atoms with van der Waals surface area (Å²) in [5.74, 6) is 2.72. The van der Waals surface area contributed by atoms with E-state index >= 15 is 0 Å². The summed E-state index contributed by atoms with van der Waals surface area (Å²) in [5, 5.41) is 3.36. The highest BCUT2D eigenvalue weighted by atomic mass is 16.5. The topological polar surface area (TPSA) is 40.1 Å². The zero-order valence-corrected chi connectivity index (χ0v) is 22.4. The van der Waals surface area contributed by atoms with Crippen LogP contribution in [0.4, 0.5) is 0 Å². The van der Waals surface area contributed by atoms with Crippen LogP contribution in [0.5, 0.6) is 5.75 Å². The summed E-state index contributed by atoms with van der Waals surface area (Å²) in [6.45, 7) is 9.18. The van der Waals surface area contributed by atoms with Crippen LogP contribution in [-0.4, -0.2) is 55.0 Å². The molecule has 0 saturated carbocycles. The summed E-state index contributed by atoms with van der Waals surface area (Å²) in [7, 11) is 0. The standard InChI is InChI=1S/C33H40N4O/c1-2-5-26(6-3-1)23-37-18-4-7-30-21-32(13-12-31(30)24-37)38-25-28-14-19-36(20-15-28)22-27-8-10-29(11-9-27)33-34-16-17-35-33/h1-3,5-6,8-13,21,28H,4,7,14-20,22-25H2,(H,34,35). The number of aryl methyl sites for hydroxylation is 1. The molecule has 1 saturated heterocycles. The number of nitrogens with one attached hydrogen (secondary N) is 1. The number of rotatable bonds is 8. The molecule has 38 heavy (non-hydrogen) atoms. The van der Waals surface area contributed by atoms with E-state index in [1.807, 2.05) is 0 Å². The number of nitrogens with zero attached hydrogens (tertiary/aromatic N) is 3. The quantitative estimate of drug-likeness (QED) is 0.450. The first-order chi connectivity index (χ1) is 18.8. The number of ether oxygens (including phenoxy) is 1. The van der Waals surface area contributed by atoms with Gasteiger partial charge in [-0.1, -0.05) is 60.7 Å². The third-order valence-electron chi connectivity index (χ3n) is 8.24. The highest BCUT2D eigenvalue weighted by Crippen LogP contribution is 2.26. The molecule has 3 aliphatic rings. The van der Waals surface area contributed by atoms with Crippen molar-refractivity contribution in [1.29, 1.82) is 0 Å². The van der Waals surface area contributed by atoms with Gasteiger partial charge in [0.2, 0.25) is 0 Å².